The average molecular weight is 270 g/mol. The maximum Gasteiger partial charge on any atom is 0.142 e. The minimum absolute atomic E-state index is 0.911. The maximum absolute atomic E-state index is 6.14. The summed E-state index contributed by atoms with van der Waals surface area (Å²) in [7, 11) is 0. The van der Waals surface area contributed by atoms with Gasteiger partial charge in [-0.25, -0.2) is 0 Å². The second-order valence-electron chi connectivity index (χ2n) is 5.07. The second-order valence-corrected chi connectivity index (χ2v) is 5.07. The molecule has 3 aromatic carbocycles. The first-order valence-corrected chi connectivity index (χ1v) is 7.05. The van der Waals surface area contributed by atoms with Crippen molar-refractivity contribution in [2.45, 2.75) is 0 Å². The SMILES string of the molecule is c1ccc(-c2cc3cccc(-c4ccccc4)c3o2)cc1. The summed E-state index contributed by atoms with van der Waals surface area (Å²) in [6.07, 6.45) is 0. The van der Waals surface area contributed by atoms with E-state index < -0.39 is 0 Å². The van der Waals surface area contributed by atoms with Gasteiger partial charge < -0.3 is 4.42 Å². The lowest BCUT2D eigenvalue weighted by molar-refractivity contribution is 0.632. The van der Waals surface area contributed by atoms with Crippen molar-refractivity contribution in [1.82, 2.24) is 0 Å². The van der Waals surface area contributed by atoms with Crippen LogP contribution in [0.1, 0.15) is 0 Å². The summed E-state index contributed by atoms with van der Waals surface area (Å²) in [5.74, 6) is 0.911. The fourth-order valence-electron chi connectivity index (χ4n) is 2.65. The molecular weight excluding hydrogens is 256 g/mol. The predicted octanol–water partition coefficient (Wildman–Crippen LogP) is 5.77. The standard InChI is InChI=1S/C20H14O/c1-3-8-15(9-4-1)18-13-7-12-17-14-19(21-20(17)18)16-10-5-2-6-11-16/h1-14H. The number of para-hydroxylation sites is 1. The number of hydrogen-bond donors (Lipinski definition) is 0. The Morgan fingerprint density at radius 2 is 1.24 bits per heavy atom. The molecule has 0 bridgehead atoms. The van der Waals surface area contributed by atoms with Crippen LogP contribution in [0, 0.1) is 0 Å². The van der Waals surface area contributed by atoms with Crippen LogP contribution in [0.4, 0.5) is 0 Å². The third-order valence-corrected chi connectivity index (χ3v) is 3.69. The number of furan rings is 1. The Kier molecular flexibility index (Phi) is 2.82. The Morgan fingerprint density at radius 3 is 1.95 bits per heavy atom. The molecule has 1 heteroatoms. The number of fused-ring (bicyclic) bond motifs is 1. The van der Waals surface area contributed by atoms with Crippen molar-refractivity contribution >= 4 is 11.0 Å². The molecule has 0 atom stereocenters. The van der Waals surface area contributed by atoms with Gasteiger partial charge in [0.15, 0.2) is 0 Å². The normalized spacial score (nSPS) is 10.9. The van der Waals surface area contributed by atoms with E-state index >= 15 is 0 Å². The van der Waals surface area contributed by atoms with E-state index in [1.807, 2.05) is 24.3 Å². The smallest absolute Gasteiger partial charge is 0.142 e. The molecule has 0 spiro atoms. The second kappa shape index (κ2) is 4.95. The Balaban J connectivity index is 1.93. The highest BCUT2D eigenvalue weighted by Crippen LogP contribution is 2.34. The lowest BCUT2D eigenvalue weighted by atomic mass is 10.0. The molecule has 1 nitrogen and oxygen atoms in total. The predicted molar refractivity (Wildman–Crippen MR) is 87.1 cm³/mol. The van der Waals surface area contributed by atoms with Gasteiger partial charge in [-0.2, -0.15) is 0 Å². The van der Waals surface area contributed by atoms with Crippen LogP contribution in [-0.2, 0) is 0 Å². The van der Waals surface area contributed by atoms with Crippen LogP contribution in [0.25, 0.3) is 33.4 Å². The molecule has 0 saturated carbocycles. The summed E-state index contributed by atoms with van der Waals surface area (Å²) in [5, 5.41) is 1.13. The van der Waals surface area contributed by atoms with Gasteiger partial charge in [0.2, 0.25) is 0 Å². The van der Waals surface area contributed by atoms with Gasteiger partial charge in [-0.3, -0.25) is 0 Å². The van der Waals surface area contributed by atoms with E-state index in [-0.39, 0.29) is 0 Å². The molecule has 0 fully saturated rings. The quantitative estimate of drug-likeness (QED) is 0.451. The molecule has 0 radical (unpaired) electrons. The first-order chi connectivity index (χ1) is 10.4. The highest BCUT2D eigenvalue weighted by molar-refractivity contribution is 5.94. The molecule has 0 aliphatic carbocycles. The van der Waals surface area contributed by atoms with Gasteiger partial charge in [-0.15, -0.1) is 0 Å². The summed E-state index contributed by atoms with van der Waals surface area (Å²) in [6, 6.07) is 29.0. The maximum atomic E-state index is 6.14. The lowest BCUT2D eigenvalue weighted by Gasteiger charge is -2.02. The first-order valence-electron chi connectivity index (χ1n) is 7.05. The summed E-state index contributed by atoms with van der Waals surface area (Å²) in [4.78, 5) is 0. The van der Waals surface area contributed by atoms with E-state index in [4.69, 9.17) is 4.42 Å². The van der Waals surface area contributed by atoms with Crippen molar-refractivity contribution < 1.29 is 4.42 Å². The van der Waals surface area contributed by atoms with E-state index in [1.54, 1.807) is 0 Å². The van der Waals surface area contributed by atoms with Crippen molar-refractivity contribution in [3.05, 3.63) is 84.9 Å². The van der Waals surface area contributed by atoms with Crippen LogP contribution >= 0.6 is 0 Å². The Morgan fingerprint density at radius 1 is 0.571 bits per heavy atom. The monoisotopic (exact) mass is 270 g/mol. The van der Waals surface area contributed by atoms with E-state index in [9.17, 15) is 0 Å². The molecule has 1 aromatic heterocycles. The fourth-order valence-corrected chi connectivity index (χ4v) is 2.65. The van der Waals surface area contributed by atoms with Gasteiger partial charge in [0.1, 0.15) is 11.3 Å². The molecule has 0 saturated heterocycles. The van der Waals surface area contributed by atoms with Crippen molar-refractivity contribution in [1.29, 1.82) is 0 Å². The van der Waals surface area contributed by atoms with Crippen molar-refractivity contribution in [2.75, 3.05) is 0 Å². The van der Waals surface area contributed by atoms with Crippen LogP contribution < -0.4 is 0 Å². The highest BCUT2D eigenvalue weighted by atomic mass is 16.3. The van der Waals surface area contributed by atoms with Gasteiger partial charge in [0.05, 0.1) is 0 Å². The summed E-state index contributed by atoms with van der Waals surface area (Å²) in [5.41, 5.74) is 4.36. The average Bonchev–Trinajstić information content (AvgIpc) is 3.00. The number of hydrogen-bond acceptors (Lipinski definition) is 1. The molecule has 0 unspecified atom stereocenters. The van der Waals surface area contributed by atoms with Gasteiger partial charge in [0.25, 0.3) is 0 Å². The van der Waals surface area contributed by atoms with Crippen LogP contribution in [0.3, 0.4) is 0 Å². The van der Waals surface area contributed by atoms with Crippen LogP contribution in [0.15, 0.2) is 89.3 Å². The molecule has 4 aromatic rings. The third-order valence-electron chi connectivity index (χ3n) is 3.69. The van der Waals surface area contributed by atoms with Crippen LogP contribution in [0.2, 0.25) is 0 Å². The molecular formula is C20H14O. The van der Waals surface area contributed by atoms with Gasteiger partial charge in [-0.1, -0.05) is 78.9 Å². The van der Waals surface area contributed by atoms with Crippen LogP contribution in [0.5, 0.6) is 0 Å². The third kappa shape index (κ3) is 2.13. The van der Waals surface area contributed by atoms with Gasteiger partial charge in [-0.05, 0) is 11.6 Å². The van der Waals surface area contributed by atoms with Crippen molar-refractivity contribution in [2.24, 2.45) is 0 Å². The Bertz CT molecular complexity index is 874. The molecule has 0 N–H and O–H groups in total. The largest absolute Gasteiger partial charge is 0.455 e. The zero-order valence-corrected chi connectivity index (χ0v) is 11.5. The summed E-state index contributed by atoms with van der Waals surface area (Å²) < 4.78 is 6.14. The fraction of sp³-hybridized carbons (Fsp3) is 0. The Hall–Kier alpha value is -2.80. The highest BCUT2D eigenvalue weighted by Gasteiger charge is 2.10. The van der Waals surface area contributed by atoms with Crippen molar-refractivity contribution in [3.8, 4) is 22.5 Å². The zero-order valence-electron chi connectivity index (χ0n) is 11.5. The number of benzene rings is 3. The number of rotatable bonds is 2. The molecule has 1 heterocycles. The Labute approximate surface area is 123 Å². The molecule has 0 aliphatic rings. The lowest BCUT2D eigenvalue weighted by Crippen LogP contribution is -1.77. The van der Waals surface area contributed by atoms with Gasteiger partial charge in [0, 0.05) is 16.5 Å². The van der Waals surface area contributed by atoms with Gasteiger partial charge >= 0.3 is 0 Å². The topological polar surface area (TPSA) is 13.1 Å². The minimum Gasteiger partial charge on any atom is -0.455 e. The van der Waals surface area contributed by atoms with E-state index in [1.165, 1.54) is 5.56 Å². The minimum atomic E-state index is 0.911. The summed E-state index contributed by atoms with van der Waals surface area (Å²) >= 11 is 0. The zero-order chi connectivity index (χ0) is 14.1. The molecule has 100 valence electrons. The molecule has 0 amide bonds. The van der Waals surface area contributed by atoms with E-state index in [2.05, 4.69) is 60.7 Å². The van der Waals surface area contributed by atoms with Crippen LogP contribution in [-0.4, -0.2) is 0 Å². The summed E-state index contributed by atoms with van der Waals surface area (Å²) in [6.45, 7) is 0. The molecule has 21 heavy (non-hydrogen) atoms. The van der Waals surface area contributed by atoms with E-state index in [0.717, 1.165) is 27.9 Å². The molecule has 0 aliphatic heterocycles. The molecule has 4 rings (SSSR count). The van der Waals surface area contributed by atoms with Crippen molar-refractivity contribution in [3.63, 3.8) is 0 Å². The van der Waals surface area contributed by atoms with E-state index in [0.29, 0.717) is 0 Å². The first kappa shape index (κ1) is 12.0.